The molecular formula is H42Al14Au. The summed E-state index contributed by atoms with van der Waals surface area (Å²) in [5, 5.41) is 0. The zero-order valence-corrected chi connectivity index (χ0v) is 2.47. The molecule has 0 spiro atoms. The maximum Gasteiger partial charge on any atom is 0.187 e. The molecule has 15 heteroatoms. The molecule has 0 saturated carbocycles. The molecular weight excluding hydrogens is 575 g/mol. The number of rotatable bonds is 0. The summed E-state index contributed by atoms with van der Waals surface area (Å²) >= 11 is 0. The molecule has 0 nitrogen and oxygen atoms in total. The van der Waals surface area contributed by atoms with Gasteiger partial charge in [-0.05, 0) is 0 Å². The summed E-state index contributed by atoms with van der Waals surface area (Å²) in [6.07, 6.45) is 0. The van der Waals surface area contributed by atoms with Gasteiger partial charge in [0.25, 0.3) is 0 Å². The van der Waals surface area contributed by atoms with Crippen molar-refractivity contribution in [2.24, 2.45) is 0 Å². The van der Waals surface area contributed by atoms with Gasteiger partial charge in [0.05, 0.1) is 0 Å². The molecule has 0 fully saturated rings. The van der Waals surface area contributed by atoms with Crippen LogP contribution in [0.5, 0.6) is 0 Å². The normalized spacial score (nSPS) is 0. The van der Waals surface area contributed by atoms with Crippen LogP contribution in [0.15, 0.2) is 0 Å². The Labute approximate surface area is 259 Å². The van der Waals surface area contributed by atoms with E-state index in [9.17, 15) is 0 Å². The summed E-state index contributed by atoms with van der Waals surface area (Å²) < 4.78 is 0. The quantitative estimate of drug-likeness (QED) is 0.238. The Morgan fingerprint density at radius 3 is 0.133 bits per heavy atom. The van der Waals surface area contributed by atoms with Crippen LogP contribution in [0.3, 0.4) is 0 Å². The minimum absolute atomic E-state index is 0. The molecule has 1 radical (unpaired) electrons. The van der Waals surface area contributed by atoms with Crippen LogP contribution in [0, 0.1) is 0 Å². The Morgan fingerprint density at radius 1 is 0.133 bits per heavy atom. The molecule has 0 N–H and O–H groups in total. The van der Waals surface area contributed by atoms with Crippen molar-refractivity contribution in [2.45, 2.75) is 0 Å². The van der Waals surface area contributed by atoms with Crippen molar-refractivity contribution in [3.05, 3.63) is 0 Å². The Hall–Kier alpha value is 8.19. The second-order valence-corrected chi connectivity index (χ2v) is 0. The molecule has 0 aliphatic carbocycles. The van der Waals surface area contributed by atoms with Gasteiger partial charge in [0.2, 0.25) is 0 Å². The second-order valence-electron chi connectivity index (χ2n) is 0. The van der Waals surface area contributed by atoms with E-state index in [2.05, 4.69) is 0 Å². The van der Waals surface area contributed by atoms with Crippen LogP contribution in [-0.2, 0) is 22.4 Å². The van der Waals surface area contributed by atoms with Gasteiger partial charge in [-0.15, -0.1) is 0 Å². The topological polar surface area (TPSA) is 0 Å². The Kier molecular flexibility index (Phi) is 1680. The first-order chi connectivity index (χ1) is 0. The average Bonchev–Trinajstić information content (AvgIpc) is 0. The van der Waals surface area contributed by atoms with Gasteiger partial charge in [0.1, 0.15) is 0 Å². The maximum atomic E-state index is 0. The largest absolute Gasteiger partial charge is 0.187 e. The van der Waals surface area contributed by atoms with Crippen LogP contribution in [0.25, 0.3) is 0 Å². The Bertz CT molecular complexity index is 5.30. The fourth-order valence-corrected chi connectivity index (χ4v) is 0. The van der Waals surface area contributed by atoms with Gasteiger partial charge in [0, 0.05) is 22.4 Å². The Morgan fingerprint density at radius 2 is 0.133 bits per heavy atom. The van der Waals surface area contributed by atoms with Crippen LogP contribution < -0.4 is 0 Å². The van der Waals surface area contributed by atoms with E-state index in [-0.39, 0.29) is 265 Å². The number of hydrogen-bond acceptors (Lipinski definition) is 0. The SMILES string of the molecule is [AlH3].[AlH3].[AlH3].[AlH3].[AlH3].[AlH3].[AlH3].[AlH3].[AlH3].[AlH3].[AlH3].[AlH3].[AlH3].[AlH3].[Au]. The van der Waals surface area contributed by atoms with Crippen LogP contribution in [-0.4, -0.2) is 243 Å². The molecule has 0 aromatic heterocycles. The van der Waals surface area contributed by atoms with Crippen LogP contribution in [0.4, 0.5) is 0 Å². The van der Waals surface area contributed by atoms with E-state index in [0.717, 1.165) is 0 Å². The van der Waals surface area contributed by atoms with Crippen molar-refractivity contribution < 1.29 is 22.4 Å². The monoisotopic (exact) mass is 617 g/mol. The average molecular weight is 617 g/mol. The third-order valence-electron chi connectivity index (χ3n) is 0. The maximum absolute atomic E-state index is 0. The molecule has 0 heterocycles. The minimum Gasteiger partial charge on any atom is 0 e. The molecule has 0 aliphatic heterocycles. The molecule has 15 heavy (non-hydrogen) atoms. The summed E-state index contributed by atoms with van der Waals surface area (Å²) in [6, 6.07) is 0. The molecule has 0 aromatic carbocycles. The molecule has 0 bridgehead atoms. The summed E-state index contributed by atoms with van der Waals surface area (Å²) in [5.74, 6) is 0. The summed E-state index contributed by atoms with van der Waals surface area (Å²) in [5.41, 5.74) is 0. The zero-order valence-electron chi connectivity index (χ0n) is 0.302. The van der Waals surface area contributed by atoms with Crippen molar-refractivity contribution in [3.8, 4) is 0 Å². The van der Waals surface area contributed by atoms with Crippen molar-refractivity contribution in [1.82, 2.24) is 0 Å². The predicted molar refractivity (Wildman–Crippen MR) is 139 cm³/mol. The van der Waals surface area contributed by atoms with Crippen molar-refractivity contribution in [2.75, 3.05) is 0 Å². The van der Waals surface area contributed by atoms with E-state index in [1.165, 1.54) is 0 Å². The Balaban J connectivity index is 0. The van der Waals surface area contributed by atoms with E-state index in [1.807, 2.05) is 0 Å². The molecule has 95 valence electrons. The third-order valence-corrected chi connectivity index (χ3v) is 0. The predicted octanol–water partition coefficient (Wildman–Crippen LogP) is -16.6. The summed E-state index contributed by atoms with van der Waals surface area (Å²) in [6.45, 7) is 0. The van der Waals surface area contributed by atoms with E-state index < -0.39 is 0 Å². The third kappa shape index (κ3) is 135. The van der Waals surface area contributed by atoms with Gasteiger partial charge < -0.3 is 0 Å². The van der Waals surface area contributed by atoms with Crippen molar-refractivity contribution >= 4 is 243 Å². The number of hydrogen-bond donors (Lipinski definition) is 0. The first-order valence-electron chi connectivity index (χ1n) is 0. The van der Waals surface area contributed by atoms with E-state index in [1.54, 1.807) is 0 Å². The summed E-state index contributed by atoms with van der Waals surface area (Å²) in [7, 11) is 0. The van der Waals surface area contributed by atoms with Crippen molar-refractivity contribution in [1.29, 1.82) is 0 Å². The van der Waals surface area contributed by atoms with Gasteiger partial charge in [0.15, 0.2) is 243 Å². The molecule has 0 saturated heterocycles. The van der Waals surface area contributed by atoms with Gasteiger partial charge in [-0.3, -0.25) is 0 Å². The van der Waals surface area contributed by atoms with Crippen LogP contribution >= 0.6 is 0 Å². The zero-order chi connectivity index (χ0) is 0. The van der Waals surface area contributed by atoms with Crippen LogP contribution in [0.2, 0.25) is 0 Å². The van der Waals surface area contributed by atoms with Gasteiger partial charge in [-0.25, -0.2) is 0 Å². The molecule has 0 atom stereocenters. The smallest absolute Gasteiger partial charge is 0 e. The molecule has 0 aliphatic rings. The van der Waals surface area contributed by atoms with Gasteiger partial charge >= 0.3 is 0 Å². The van der Waals surface area contributed by atoms with E-state index in [0.29, 0.717) is 0 Å². The fourth-order valence-electron chi connectivity index (χ4n) is 0. The van der Waals surface area contributed by atoms with Gasteiger partial charge in [-0.1, -0.05) is 0 Å². The molecule has 0 amide bonds. The van der Waals surface area contributed by atoms with E-state index in [4.69, 9.17) is 0 Å². The molecule has 0 aromatic rings. The first-order valence-corrected chi connectivity index (χ1v) is 0. The first kappa shape index (κ1) is 170. The fraction of sp³-hybridized carbons (Fsp3) is 0. The molecule has 0 rings (SSSR count). The van der Waals surface area contributed by atoms with Crippen molar-refractivity contribution in [3.63, 3.8) is 0 Å². The standard InChI is InChI=1S/14Al.Au.42H. The molecule has 0 unspecified atom stereocenters. The summed E-state index contributed by atoms with van der Waals surface area (Å²) in [4.78, 5) is 0. The van der Waals surface area contributed by atoms with Crippen LogP contribution in [0.1, 0.15) is 0 Å². The minimum atomic E-state index is 0. The second kappa shape index (κ2) is 148. The van der Waals surface area contributed by atoms with E-state index >= 15 is 0 Å². The van der Waals surface area contributed by atoms with Gasteiger partial charge in [-0.2, -0.15) is 0 Å².